The normalized spacial score (nSPS) is 20.6. The van der Waals surface area contributed by atoms with E-state index in [4.69, 9.17) is 14.0 Å². The van der Waals surface area contributed by atoms with Gasteiger partial charge in [0.2, 0.25) is 0 Å². The SMILES string of the molecule is O=C(OCc1ccccc1)N1CCC(OCc2nc([C@@H]3CCCCN3)no2)CC1. The van der Waals surface area contributed by atoms with Gasteiger partial charge in [0.05, 0.1) is 12.1 Å². The molecule has 156 valence electrons. The highest BCUT2D eigenvalue weighted by molar-refractivity contribution is 5.67. The Bertz CT molecular complexity index is 768. The van der Waals surface area contributed by atoms with E-state index in [1.165, 1.54) is 12.8 Å². The van der Waals surface area contributed by atoms with Crippen LogP contribution in [0.1, 0.15) is 55.4 Å². The number of piperidine rings is 2. The minimum Gasteiger partial charge on any atom is -0.445 e. The summed E-state index contributed by atoms with van der Waals surface area (Å²) >= 11 is 0. The fourth-order valence-corrected chi connectivity index (χ4v) is 3.75. The van der Waals surface area contributed by atoms with Gasteiger partial charge in [0.15, 0.2) is 5.82 Å². The second-order valence-corrected chi connectivity index (χ2v) is 7.59. The van der Waals surface area contributed by atoms with Gasteiger partial charge in [-0.25, -0.2) is 4.79 Å². The molecule has 2 aliphatic heterocycles. The molecule has 0 radical (unpaired) electrons. The molecule has 0 saturated carbocycles. The highest BCUT2D eigenvalue weighted by Gasteiger charge is 2.25. The number of hydrogen-bond donors (Lipinski definition) is 1. The van der Waals surface area contributed by atoms with Crippen LogP contribution in [0.25, 0.3) is 0 Å². The maximum Gasteiger partial charge on any atom is 0.410 e. The molecule has 2 saturated heterocycles. The summed E-state index contributed by atoms with van der Waals surface area (Å²) in [4.78, 5) is 18.4. The van der Waals surface area contributed by atoms with Crippen LogP contribution in [0.2, 0.25) is 0 Å². The zero-order valence-electron chi connectivity index (χ0n) is 16.6. The number of carbonyl (C=O) groups excluding carboxylic acids is 1. The van der Waals surface area contributed by atoms with Gasteiger partial charge in [0.1, 0.15) is 13.2 Å². The Morgan fingerprint density at radius 1 is 1.14 bits per heavy atom. The molecule has 8 nitrogen and oxygen atoms in total. The number of likely N-dealkylation sites (tertiary alicyclic amines) is 1. The number of amides is 1. The minimum absolute atomic E-state index is 0.0799. The molecule has 3 heterocycles. The Kier molecular flexibility index (Phi) is 6.74. The third-order valence-electron chi connectivity index (χ3n) is 5.45. The van der Waals surface area contributed by atoms with E-state index in [1.807, 2.05) is 30.3 Å². The Hall–Kier alpha value is -2.45. The lowest BCUT2D eigenvalue weighted by Crippen LogP contribution is -2.41. The van der Waals surface area contributed by atoms with Crippen LogP contribution in [0.4, 0.5) is 4.79 Å². The fraction of sp³-hybridized carbons (Fsp3) is 0.571. The van der Waals surface area contributed by atoms with E-state index in [-0.39, 0.29) is 18.2 Å². The number of hydrogen-bond acceptors (Lipinski definition) is 7. The zero-order valence-corrected chi connectivity index (χ0v) is 16.6. The maximum absolute atomic E-state index is 12.2. The van der Waals surface area contributed by atoms with Crippen molar-refractivity contribution in [2.75, 3.05) is 19.6 Å². The van der Waals surface area contributed by atoms with Crippen molar-refractivity contribution in [2.45, 2.75) is 57.5 Å². The molecular formula is C21H28N4O4. The van der Waals surface area contributed by atoms with Crippen molar-refractivity contribution in [3.8, 4) is 0 Å². The quantitative estimate of drug-likeness (QED) is 0.796. The van der Waals surface area contributed by atoms with Crippen LogP contribution in [-0.4, -0.2) is 46.9 Å². The first kappa shape index (κ1) is 19.8. The Morgan fingerprint density at radius 3 is 2.72 bits per heavy atom. The van der Waals surface area contributed by atoms with E-state index in [0.29, 0.717) is 32.2 Å². The summed E-state index contributed by atoms with van der Waals surface area (Å²) in [5, 5.41) is 7.50. The van der Waals surface area contributed by atoms with Gasteiger partial charge < -0.3 is 24.2 Å². The second-order valence-electron chi connectivity index (χ2n) is 7.59. The summed E-state index contributed by atoms with van der Waals surface area (Å²) in [6.45, 7) is 2.85. The Morgan fingerprint density at radius 2 is 1.97 bits per heavy atom. The summed E-state index contributed by atoms with van der Waals surface area (Å²) in [6.07, 6.45) is 4.77. The standard InChI is InChI=1S/C21H28N4O4/c26-21(28-14-16-6-2-1-3-7-16)25-12-9-17(10-13-25)27-15-19-23-20(24-29-19)18-8-4-5-11-22-18/h1-3,6-7,17-18,22H,4-5,8-15H2/t18-/m0/s1. The monoisotopic (exact) mass is 400 g/mol. The topological polar surface area (TPSA) is 89.7 Å². The molecule has 4 rings (SSSR count). The lowest BCUT2D eigenvalue weighted by Gasteiger charge is -2.31. The second kappa shape index (κ2) is 9.84. The summed E-state index contributed by atoms with van der Waals surface area (Å²) in [5.41, 5.74) is 0.987. The molecule has 1 N–H and O–H groups in total. The van der Waals surface area contributed by atoms with Gasteiger partial charge in [-0.2, -0.15) is 4.98 Å². The van der Waals surface area contributed by atoms with Gasteiger partial charge in [-0.15, -0.1) is 0 Å². The Labute approximate surface area is 170 Å². The van der Waals surface area contributed by atoms with Crippen molar-refractivity contribution in [1.82, 2.24) is 20.4 Å². The molecular weight excluding hydrogens is 372 g/mol. The third-order valence-corrected chi connectivity index (χ3v) is 5.45. The van der Waals surface area contributed by atoms with Gasteiger partial charge in [-0.1, -0.05) is 41.9 Å². The number of carbonyl (C=O) groups is 1. The molecule has 2 aromatic rings. The van der Waals surface area contributed by atoms with Crippen molar-refractivity contribution in [1.29, 1.82) is 0 Å². The summed E-state index contributed by atoms with van der Waals surface area (Å²) in [6, 6.07) is 9.89. The van der Waals surface area contributed by atoms with Crippen LogP contribution in [0.3, 0.4) is 0 Å². The van der Waals surface area contributed by atoms with Crippen molar-refractivity contribution in [2.24, 2.45) is 0 Å². The van der Waals surface area contributed by atoms with E-state index in [9.17, 15) is 4.79 Å². The molecule has 0 unspecified atom stereocenters. The van der Waals surface area contributed by atoms with Crippen LogP contribution in [0.15, 0.2) is 34.9 Å². The summed E-state index contributed by atoms with van der Waals surface area (Å²) in [7, 11) is 0. The smallest absolute Gasteiger partial charge is 0.410 e. The highest BCUT2D eigenvalue weighted by Crippen LogP contribution is 2.21. The van der Waals surface area contributed by atoms with Crippen molar-refractivity contribution >= 4 is 6.09 Å². The molecule has 0 spiro atoms. The number of rotatable bonds is 6. The Balaban J connectivity index is 1.16. The molecule has 1 atom stereocenters. The van der Waals surface area contributed by atoms with Gasteiger partial charge in [0.25, 0.3) is 5.89 Å². The van der Waals surface area contributed by atoms with Gasteiger partial charge >= 0.3 is 6.09 Å². The third kappa shape index (κ3) is 5.55. The number of nitrogens with zero attached hydrogens (tertiary/aromatic N) is 3. The lowest BCUT2D eigenvalue weighted by atomic mass is 10.0. The first-order chi connectivity index (χ1) is 14.3. The van der Waals surface area contributed by atoms with Crippen LogP contribution in [0.5, 0.6) is 0 Å². The molecule has 0 aliphatic carbocycles. The van der Waals surface area contributed by atoms with E-state index in [1.54, 1.807) is 4.90 Å². The van der Waals surface area contributed by atoms with Crippen LogP contribution in [0, 0.1) is 0 Å². The number of ether oxygens (including phenoxy) is 2. The fourth-order valence-electron chi connectivity index (χ4n) is 3.75. The predicted octanol–water partition coefficient (Wildman–Crippen LogP) is 3.20. The first-order valence-corrected chi connectivity index (χ1v) is 10.4. The van der Waals surface area contributed by atoms with Crippen molar-refractivity contribution in [3.05, 3.63) is 47.6 Å². The highest BCUT2D eigenvalue weighted by atomic mass is 16.6. The van der Waals surface area contributed by atoms with E-state index >= 15 is 0 Å². The van der Waals surface area contributed by atoms with Crippen LogP contribution >= 0.6 is 0 Å². The summed E-state index contributed by atoms with van der Waals surface area (Å²) < 4.78 is 16.7. The molecule has 29 heavy (non-hydrogen) atoms. The number of nitrogens with one attached hydrogen (secondary N) is 1. The molecule has 8 heteroatoms. The predicted molar refractivity (Wildman–Crippen MR) is 105 cm³/mol. The molecule has 1 amide bonds. The largest absolute Gasteiger partial charge is 0.445 e. The minimum atomic E-state index is -0.270. The van der Waals surface area contributed by atoms with Gasteiger partial charge in [0, 0.05) is 13.1 Å². The van der Waals surface area contributed by atoms with E-state index in [2.05, 4.69) is 15.5 Å². The lowest BCUT2D eigenvalue weighted by molar-refractivity contribution is -0.0130. The molecule has 2 aliphatic rings. The summed E-state index contributed by atoms with van der Waals surface area (Å²) in [5.74, 6) is 1.23. The average molecular weight is 400 g/mol. The van der Waals surface area contributed by atoms with Crippen molar-refractivity contribution in [3.63, 3.8) is 0 Å². The first-order valence-electron chi connectivity index (χ1n) is 10.4. The van der Waals surface area contributed by atoms with Gasteiger partial charge in [-0.05, 0) is 37.8 Å². The van der Waals surface area contributed by atoms with Crippen molar-refractivity contribution < 1.29 is 18.8 Å². The number of benzene rings is 1. The van der Waals surface area contributed by atoms with E-state index < -0.39 is 0 Å². The van der Waals surface area contributed by atoms with Crippen LogP contribution < -0.4 is 5.32 Å². The average Bonchev–Trinajstić information content (AvgIpc) is 3.27. The van der Waals surface area contributed by atoms with E-state index in [0.717, 1.165) is 37.2 Å². The maximum atomic E-state index is 12.2. The zero-order chi connectivity index (χ0) is 19.9. The number of aromatic nitrogens is 2. The van der Waals surface area contributed by atoms with Gasteiger partial charge in [-0.3, -0.25) is 0 Å². The molecule has 1 aromatic heterocycles. The molecule has 0 bridgehead atoms. The van der Waals surface area contributed by atoms with Crippen LogP contribution in [-0.2, 0) is 22.7 Å². The molecule has 2 fully saturated rings. The molecule has 1 aromatic carbocycles.